The van der Waals surface area contributed by atoms with E-state index in [2.05, 4.69) is 10.6 Å². The monoisotopic (exact) mass is 257 g/mol. The van der Waals surface area contributed by atoms with Crippen molar-refractivity contribution in [2.75, 3.05) is 19.6 Å². The number of nitrogens with zero attached hydrogens (tertiary/aromatic N) is 1. The lowest BCUT2D eigenvalue weighted by Gasteiger charge is -2.29. The zero-order valence-corrected chi connectivity index (χ0v) is 11.3. The van der Waals surface area contributed by atoms with Crippen LogP contribution in [0.5, 0.6) is 0 Å². The van der Waals surface area contributed by atoms with E-state index in [0.717, 1.165) is 19.4 Å². The summed E-state index contributed by atoms with van der Waals surface area (Å²) in [6.07, 6.45) is 1.29. The molecule has 1 heterocycles. The van der Waals surface area contributed by atoms with E-state index in [-0.39, 0.29) is 24.1 Å². The SMILES string of the molecule is CC(C)(C)NC(=O)NC(=O)CN1CCC[C@H](O)C1. The van der Waals surface area contributed by atoms with Crippen LogP contribution in [0.4, 0.5) is 4.79 Å². The lowest BCUT2D eigenvalue weighted by molar-refractivity contribution is -0.121. The van der Waals surface area contributed by atoms with Crippen molar-refractivity contribution in [3.05, 3.63) is 0 Å². The zero-order chi connectivity index (χ0) is 13.8. The maximum Gasteiger partial charge on any atom is 0.321 e. The van der Waals surface area contributed by atoms with E-state index in [9.17, 15) is 14.7 Å². The Morgan fingerprint density at radius 1 is 1.39 bits per heavy atom. The topological polar surface area (TPSA) is 81.7 Å². The number of carbonyl (C=O) groups is 2. The van der Waals surface area contributed by atoms with Gasteiger partial charge in [-0.15, -0.1) is 0 Å². The lowest BCUT2D eigenvalue weighted by atomic mass is 10.1. The molecule has 0 radical (unpaired) electrons. The molecular formula is C12H23N3O3. The molecule has 0 unspecified atom stereocenters. The molecule has 3 N–H and O–H groups in total. The Morgan fingerprint density at radius 2 is 2.06 bits per heavy atom. The van der Waals surface area contributed by atoms with Gasteiger partial charge >= 0.3 is 6.03 Å². The Morgan fingerprint density at radius 3 is 2.61 bits per heavy atom. The highest BCUT2D eigenvalue weighted by molar-refractivity contribution is 5.95. The molecule has 6 nitrogen and oxygen atoms in total. The van der Waals surface area contributed by atoms with Crippen LogP contribution in [-0.2, 0) is 4.79 Å². The molecule has 0 aromatic heterocycles. The molecule has 6 heteroatoms. The number of amides is 3. The highest BCUT2D eigenvalue weighted by Gasteiger charge is 2.21. The van der Waals surface area contributed by atoms with Crippen molar-refractivity contribution >= 4 is 11.9 Å². The summed E-state index contributed by atoms with van der Waals surface area (Å²) in [6, 6.07) is -0.481. The van der Waals surface area contributed by atoms with Crippen LogP contribution in [0, 0.1) is 0 Å². The van der Waals surface area contributed by atoms with Gasteiger partial charge in [0, 0.05) is 12.1 Å². The van der Waals surface area contributed by atoms with Crippen LogP contribution in [0.2, 0.25) is 0 Å². The first kappa shape index (κ1) is 14.9. The van der Waals surface area contributed by atoms with Gasteiger partial charge in [-0.3, -0.25) is 15.0 Å². The summed E-state index contributed by atoms with van der Waals surface area (Å²) in [7, 11) is 0. The van der Waals surface area contributed by atoms with Gasteiger partial charge in [-0.2, -0.15) is 0 Å². The maximum atomic E-state index is 11.6. The molecule has 0 aromatic rings. The molecular weight excluding hydrogens is 234 g/mol. The largest absolute Gasteiger partial charge is 0.392 e. The predicted molar refractivity (Wildman–Crippen MR) is 68.1 cm³/mol. The summed E-state index contributed by atoms with van der Waals surface area (Å²) in [5, 5.41) is 14.4. The van der Waals surface area contributed by atoms with Crippen LogP contribution in [0.3, 0.4) is 0 Å². The number of β-amino-alcohol motifs (C(OH)–C–C–N with tert-alkyl or cyclic N) is 1. The molecule has 1 aliphatic heterocycles. The summed E-state index contributed by atoms with van der Waals surface area (Å²) in [5.74, 6) is -0.342. The highest BCUT2D eigenvalue weighted by atomic mass is 16.3. The van der Waals surface area contributed by atoms with E-state index in [4.69, 9.17) is 0 Å². The van der Waals surface area contributed by atoms with Gasteiger partial charge in [-0.25, -0.2) is 4.79 Å². The number of imide groups is 1. The fraction of sp³-hybridized carbons (Fsp3) is 0.833. The highest BCUT2D eigenvalue weighted by Crippen LogP contribution is 2.08. The van der Waals surface area contributed by atoms with Crippen molar-refractivity contribution in [3.63, 3.8) is 0 Å². The average molecular weight is 257 g/mol. The van der Waals surface area contributed by atoms with Crippen LogP contribution in [0.1, 0.15) is 33.6 Å². The Bertz CT molecular complexity index is 312. The number of hydrogen-bond donors (Lipinski definition) is 3. The van der Waals surface area contributed by atoms with Crippen molar-refractivity contribution in [1.29, 1.82) is 0 Å². The Kier molecular flexibility index (Phi) is 5.10. The Balaban J connectivity index is 2.30. The van der Waals surface area contributed by atoms with Gasteiger partial charge in [0.15, 0.2) is 0 Å². The minimum Gasteiger partial charge on any atom is -0.392 e. The molecule has 0 aliphatic carbocycles. The minimum atomic E-state index is -0.481. The summed E-state index contributed by atoms with van der Waals surface area (Å²) in [4.78, 5) is 24.9. The maximum absolute atomic E-state index is 11.6. The number of nitrogens with one attached hydrogen (secondary N) is 2. The summed E-state index contributed by atoms with van der Waals surface area (Å²) < 4.78 is 0. The first-order valence-electron chi connectivity index (χ1n) is 6.29. The first-order chi connectivity index (χ1) is 8.26. The van der Waals surface area contributed by atoms with Gasteiger partial charge in [0.25, 0.3) is 0 Å². The molecule has 0 aromatic carbocycles. The average Bonchev–Trinajstić information content (AvgIpc) is 2.13. The number of rotatable bonds is 2. The molecule has 104 valence electrons. The molecule has 0 bridgehead atoms. The van der Waals surface area contributed by atoms with Gasteiger partial charge in [0.2, 0.25) is 5.91 Å². The van der Waals surface area contributed by atoms with E-state index in [1.165, 1.54) is 0 Å². The number of urea groups is 1. The van der Waals surface area contributed by atoms with E-state index in [1.54, 1.807) is 0 Å². The minimum absolute atomic E-state index is 0.147. The number of likely N-dealkylation sites (tertiary alicyclic amines) is 1. The molecule has 1 atom stereocenters. The summed E-state index contributed by atoms with van der Waals surface area (Å²) in [5.41, 5.74) is -0.369. The van der Waals surface area contributed by atoms with Gasteiger partial charge in [-0.05, 0) is 40.2 Å². The fourth-order valence-electron chi connectivity index (χ4n) is 1.92. The van der Waals surface area contributed by atoms with Crippen LogP contribution in [-0.4, -0.2) is 53.2 Å². The molecule has 0 saturated carbocycles. The zero-order valence-electron chi connectivity index (χ0n) is 11.3. The van der Waals surface area contributed by atoms with E-state index >= 15 is 0 Å². The lowest BCUT2D eigenvalue weighted by Crippen LogP contribution is -2.51. The third-order valence-electron chi connectivity index (χ3n) is 2.59. The van der Waals surface area contributed by atoms with Gasteiger partial charge in [0.1, 0.15) is 0 Å². The standard InChI is InChI=1S/C12H23N3O3/c1-12(2,3)14-11(18)13-10(17)8-15-6-4-5-9(16)7-15/h9,16H,4-8H2,1-3H3,(H2,13,14,17,18)/t9-/m0/s1. The van der Waals surface area contributed by atoms with E-state index in [1.807, 2.05) is 25.7 Å². The van der Waals surface area contributed by atoms with Gasteiger partial charge < -0.3 is 10.4 Å². The van der Waals surface area contributed by atoms with Crippen molar-refractivity contribution < 1.29 is 14.7 Å². The molecule has 1 rings (SSSR count). The van der Waals surface area contributed by atoms with Crippen LogP contribution in [0.25, 0.3) is 0 Å². The van der Waals surface area contributed by atoms with Crippen LogP contribution < -0.4 is 10.6 Å². The number of aliphatic hydroxyl groups excluding tert-OH is 1. The third-order valence-corrected chi connectivity index (χ3v) is 2.59. The molecule has 0 spiro atoms. The molecule has 3 amide bonds. The van der Waals surface area contributed by atoms with Gasteiger partial charge in [-0.1, -0.05) is 0 Å². The van der Waals surface area contributed by atoms with Crippen LogP contribution in [0.15, 0.2) is 0 Å². The Hall–Kier alpha value is -1.14. The first-order valence-corrected chi connectivity index (χ1v) is 6.29. The fourth-order valence-corrected chi connectivity index (χ4v) is 1.92. The smallest absolute Gasteiger partial charge is 0.321 e. The van der Waals surface area contributed by atoms with Crippen LogP contribution >= 0.6 is 0 Å². The van der Waals surface area contributed by atoms with E-state index in [0.29, 0.717) is 6.54 Å². The quantitative estimate of drug-likeness (QED) is 0.654. The van der Waals surface area contributed by atoms with E-state index < -0.39 is 6.03 Å². The van der Waals surface area contributed by atoms with Crippen molar-refractivity contribution in [2.45, 2.75) is 45.3 Å². The van der Waals surface area contributed by atoms with Crippen molar-refractivity contribution in [2.24, 2.45) is 0 Å². The number of piperidine rings is 1. The summed E-state index contributed by atoms with van der Waals surface area (Å²) in [6.45, 7) is 6.96. The predicted octanol–water partition coefficient (Wildman–Crippen LogP) is 0.0674. The third kappa shape index (κ3) is 5.97. The van der Waals surface area contributed by atoms with Crippen molar-refractivity contribution in [3.8, 4) is 0 Å². The Labute approximate surface area is 108 Å². The molecule has 1 fully saturated rings. The second-order valence-corrected chi connectivity index (χ2v) is 5.78. The number of aliphatic hydroxyl groups is 1. The second kappa shape index (κ2) is 6.15. The number of carbonyl (C=O) groups excluding carboxylic acids is 2. The molecule has 18 heavy (non-hydrogen) atoms. The van der Waals surface area contributed by atoms with Gasteiger partial charge in [0.05, 0.1) is 12.6 Å². The second-order valence-electron chi connectivity index (χ2n) is 5.78. The molecule has 1 saturated heterocycles. The number of hydrogen-bond acceptors (Lipinski definition) is 4. The normalized spacial score (nSPS) is 21.4. The van der Waals surface area contributed by atoms with Crippen molar-refractivity contribution in [1.82, 2.24) is 15.5 Å². The molecule has 1 aliphatic rings. The summed E-state index contributed by atoms with van der Waals surface area (Å²) >= 11 is 0.